The summed E-state index contributed by atoms with van der Waals surface area (Å²) in [6, 6.07) is 20.2. The van der Waals surface area contributed by atoms with E-state index in [1.165, 1.54) is 25.5 Å². The van der Waals surface area contributed by atoms with Crippen molar-refractivity contribution in [3.8, 4) is 11.5 Å². The van der Waals surface area contributed by atoms with E-state index in [0.29, 0.717) is 17.1 Å². The molecule has 0 heterocycles. The monoisotopic (exact) mass is 378 g/mol. The molecule has 0 saturated heterocycles. The molecule has 0 spiro atoms. The molecule has 0 saturated carbocycles. The van der Waals surface area contributed by atoms with Gasteiger partial charge in [0, 0.05) is 5.56 Å². The number of hydrazone groups is 1. The predicted molar refractivity (Wildman–Crippen MR) is 105 cm³/mol. The Bertz CT molecular complexity index is 957. The molecule has 1 N–H and O–H groups in total. The average molecular weight is 378 g/mol. The van der Waals surface area contributed by atoms with Crippen molar-refractivity contribution >= 4 is 12.1 Å². The smallest absolute Gasteiger partial charge is 0.271 e. The second-order valence-electron chi connectivity index (χ2n) is 5.89. The lowest BCUT2D eigenvalue weighted by Crippen LogP contribution is -2.17. The number of halogens is 1. The van der Waals surface area contributed by atoms with E-state index in [0.717, 1.165) is 11.1 Å². The normalized spacial score (nSPS) is 10.6. The minimum Gasteiger partial charge on any atom is -0.493 e. The molecule has 1 amide bonds. The van der Waals surface area contributed by atoms with Crippen molar-refractivity contribution in [3.63, 3.8) is 0 Å². The van der Waals surface area contributed by atoms with Crippen molar-refractivity contribution < 1.29 is 18.7 Å². The summed E-state index contributed by atoms with van der Waals surface area (Å²) in [7, 11) is 1.54. The van der Waals surface area contributed by atoms with Crippen molar-refractivity contribution in [2.45, 2.75) is 6.61 Å². The summed E-state index contributed by atoms with van der Waals surface area (Å²) in [5, 5.41) is 3.97. The van der Waals surface area contributed by atoms with E-state index in [1.807, 2.05) is 6.07 Å². The van der Waals surface area contributed by atoms with Crippen LogP contribution in [0.5, 0.6) is 11.5 Å². The van der Waals surface area contributed by atoms with Gasteiger partial charge >= 0.3 is 0 Å². The van der Waals surface area contributed by atoms with E-state index in [9.17, 15) is 9.18 Å². The first-order chi connectivity index (χ1) is 13.7. The number of carbonyl (C=O) groups excluding carboxylic acids is 1. The maximum atomic E-state index is 13.0. The molecule has 0 unspecified atom stereocenters. The Morgan fingerprint density at radius 2 is 1.79 bits per heavy atom. The molecule has 0 fully saturated rings. The van der Waals surface area contributed by atoms with Gasteiger partial charge in [0.05, 0.1) is 13.3 Å². The van der Waals surface area contributed by atoms with Gasteiger partial charge < -0.3 is 9.47 Å². The van der Waals surface area contributed by atoms with Crippen LogP contribution in [0.3, 0.4) is 0 Å². The van der Waals surface area contributed by atoms with E-state index >= 15 is 0 Å². The third-order valence-corrected chi connectivity index (χ3v) is 3.91. The van der Waals surface area contributed by atoms with Gasteiger partial charge in [-0.1, -0.05) is 30.3 Å². The maximum absolute atomic E-state index is 13.0. The zero-order chi connectivity index (χ0) is 19.8. The van der Waals surface area contributed by atoms with Gasteiger partial charge in [-0.3, -0.25) is 4.79 Å². The summed E-state index contributed by atoms with van der Waals surface area (Å²) in [5.41, 5.74) is 4.59. The Kier molecular flexibility index (Phi) is 6.36. The molecule has 6 heteroatoms. The Balaban J connectivity index is 1.62. The Morgan fingerprint density at radius 1 is 1.04 bits per heavy atom. The maximum Gasteiger partial charge on any atom is 0.271 e. The fourth-order valence-electron chi connectivity index (χ4n) is 2.44. The van der Waals surface area contributed by atoms with Gasteiger partial charge in [0.25, 0.3) is 5.91 Å². The summed E-state index contributed by atoms with van der Waals surface area (Å²) in [4.78, 5) is 12.0. The van der Waals surface area contributed by atoms with Gasteiger partial charge in [-0.25, -0.2) is 9.82 Å². The number of rotatable bonds is 7. The Morgan fingerprint density at radius 3 is 2.50 bits per heavy atom. The molecule has 3 aromatic carbocycles. The molecule has 0 aliphatic heterocycles. The van der Waals surface area contributed by atoms with Gasteiger partial charge in [0.2, 0.25) is 0 Å². The van der Waals surface area contributed by atoms with Crippen LogP contribution in [-0.2, 0) is 6.61 Å². The van der Waals surface area contributed by atoms with Gasteiger partial charge in [-0.05, 0) is 53.6 Å². The molecule has 0 aromatic heterocycles. The van der Waals surface area contributed by atoms with Crippen LogP contribution in [-0.4, -0.2) is 19.2 Å². The van der Waals surface area contributed by atoms with Crippen LogP contribution >= 0.6 is 0 Å². The molecule has 0 aliphatic rings. The summed E-state index contributed by atoms with van der Waals surface area (Å²) < 4.78 is 24.1. The molecule has 5 nitrogen and oxygen atoms in total. The topological polar surface area (TPSA) is 59.9 Å². The summed E-state index contributed by atoms with van der Waals surface area (Å²) >= 11 is 0. The molecule has 0 aliphatic carbocycles. The molecule has 0 radical (unpaired) electrons. The zero-order valence-corrected chi connectivity index (χ0v) is 15.3. The van der Waals surface area contributed by atoms with Crippen LogP contribution in [0.2, 0.25) is 0 Å². The number of nitrogens with zero attached hydrogens (tertiary/aromatic N) is 1. The highest BCUT2D eigenvalue weighted by molar-refractivity contribution is 5.94. The molecule has 0 bridgehead atoms. The van der Waals surface area contributed by atoms with E-state index in [2.05, 4.69) is 10.5 Å². The summed E-state index contributed by atoms with van der Waals surface area (Å²) in [6.07, 6.45) is 1.52. The van der Waals surface area contributed by atoms with Gasteiger partial charge in [-0.2, -0.15) is 5.10 Å². The second kappa shape index (κ2) is 9.32. The first kappa shape index (κ1) is 19.1. The van der Waals surface area contributed by atoms with Crippen molar-refractivity contribution in [1.29, 1.82) is 0 Å². The van der Waals surface area contributed by atoms with E-state index in [4.69, 9.17) is 9.47 Å². The van der Waals surface area contributed by atoms with Crippen LogP contribution in [0.25, 0.3) is 0 Å². The second-order valence-corrected chi connectivity index (χ2v) is 5.89. The van der Waals surface area contributed by atoms with Crippen molar-refractivity contribution in [2.75, 3.05) is 7.11 Å². The fraction of sp³-hybridized carbons (Fsp3) is 0.0909. The lowest BCUT2D eigenvalue weighted by Gasteiger charge is -2.11. The third-order valence-electron chi connectivity index (χ3n) is 3.91. The zero-order valence-electron chi connectivity index (χ0n) is 15.3. The SMILES string of the molecule is COc1cc(/C=N/NC(=O)c2ccccc2)ccc1OCc1ccc(F)cc1. The van der Waals surface area contributed by atoms with Gasteiger partial charge in [0.1, 0.15) is 12.4 Å². The highest BCUT2D eigenvalue weighted by Crippen LogP contribution is 2.28. The summed E-state index contributed by atoms with van der Waals surface area (Å²) in [5.74, 6) is 0.505. The van der Waals surface area contributed by atoms with Gasteiger partial charge in [0.15, 0.2) is 11.5 Å². The lowest BCUT2D eigenvalue weighted by atomic mass is 10.2. The molecule has 3 aromatic rings. The number of ether oxygens (including phenoxy) is 2. The predicted octanol–water partition coefficient (Wildman–Crippen LogP) is 4.18. The molecule has 142 valence electrons. The van der Waals surface area contributed by atoms with Crippen molar-refractivity contribution in [2.24, 2.45) is 5.10 Å². The molecular formula is C22H19FN2O3. The molecular weight excluding hydrogens is 359 g/mol. The van der Waals surface area contributed by atoms with Crippen molar-refractivity contribution in [3.05, 3.63) is 95.3 Å². The van der Waals surface area contributed by atoms with E-state index in [1.54, 1.807) is 54.6 Å². The molecule has 3 rings (SSSR count). The number of carbonyl (C=O) groups is 1. The lowest BCUT2D eigenvalue weighted by molar-refractivity contribution is 0.0955. The van der Waals surface area contributed by atoms with E-state index < -0.39 is 0 Å². The molecule has 0 atom stereocenters. The number of hydrogen-bond donors (Lipinski definition) is 1. The number of hydrogen-bond acceptors (Lipinski definition) is 4. The third kappa shape index (κ3) is 5.17. The highest BCUT2D eigenvalue weighted by atomic mass is 19.1. The first-order valence-electron chi connectivity index (χ1n) is 8.59. The number of benzene rings is 3. The standard InChI is InChI=1S/C22H19FN2O3/c1-27-21-13-17(14-24-25-22(26)18-5-3-2-4-6-18)9-12-20(21)28-15-16-7-10-19(23)11-8-16/h2-14H,15H2,1H3,(H,25,26)/b24-14+. The largest absolute Gasteiger partial charge is 0.493 e. The Hall–Kier alpha value is -3.67. The highest BCUT2D eigenvalue weighted by Gasteiger charge is 2.06. The van der Waals surface area contributed by atoms with Crippen LogP contribution in [0.15, 0.2) is 77.9 Å². The minimum atomic E-state index is -0.289. The quantitative estimate of drug-likeness (QED) is 0.496. The number of nitrogens with one attached hydrogen (secondary N) is 1. The van der Waals surface area contributed by atoms with E-state index in [-0.39, 0.29) is 18.3 Å². The van der Waals surface area contributed by atoms with Crippen LogP contribution in [0.1, 0.15) is 21.5 Å². The van der Waals surface area contributed by atoms with Crippen LogP contribution in [0.4, 0.5) is 4.39 Å². The fourth-order valence-corrected chi connectivity index (χ4v) is 2.44. The van der Waals surface area contributed by atoms with Crippen LogP contribution < -0.4 is 14.9 Å². The molecule has 28 heavy (non-hydrogen) atoms. The van der Waals surface area contributed by atoms with Crippen LogP contribution in [0, 0.1) is 5.82 Å². The van der Waals surface area contributed by atoms with Gasteiger partial charge in [-0.15, -0.1) is 0 Å². The minimum absolute atomic E-state index is 0.288. The Labute approximate surface area is 162 Å². The van der Waals surface area contributed by atoms with Crippen molar-refractivity contribution in [1.82, 2.24) is 5.43 Å². The first-order valence-corrected chi connectivity index (χ1v) is 8.59. The number of methoxy groups -OCH3 is 1. The average Bonchev–Trinajstić information content (AvgIpc) is 2.74. The summed E-state index contributed by atoms with van der Waals surface area (Å²) in [6.45, 7) is 0.289. The number of amides is 1.